The van der Waals surface area contributed by atoms with E-state index in [0.717, 1.165) is 22.2 Å². The van der Waals surface area contributed by atoms with E-state index in [9.17, 15) is 9.59 Å². The topological polar surface area (TPSA) is 51.1 Å². The summed E-state index contributed by atoms with van der Waals surface area (Å²) in [4.78, 5) is 26.6. The molecule has 0 saturated heterocycles. The van der Waals surface area contributed by atoms with Crippen LogP contribution in [0.15, 0.2) is 109 Å². The summed E-state index contributed by atoms with van der Waals surface area (Å²) in [6.45, 7) is 0.645. The van der Waals surface area contributed by atoms with Crippen LogP contribution in [-0.4, -0.2) is 22.7 Å². The number of hydrogen-bond donors (Lipinski definition) is 1. The number of hydrogen-bond acceptors (Lipinski definition) is 3. The van der Waals surface area contributed by atoms with Gasteiger partial charge in [-0.1, -0.05) is 84.9 Å². The maximum absolute atomic E-state index is 13.4. The second-order valence-corrected chi connectivity index (χ2v) is 8.52. The molecule has 0 fully saturated rings. The van der Waals surface area contributed by atoms with Gasteiger partial charge in [0.25, 0.3) is 0 Å². The second kappa shape index (κ2) is 8.16. The van der Waals surface area contributed by atoms with Crippen LogP contribution in [0.3, 0.4) is 0 Å². The molecule has 4 aromatic carbocycles. The molecule has 0 radical (unpaired) electrons. The summed E-state index contributed by atoms with van der Waals surface area (Å²) in [5.74, 6) is 0.00763. The van der Waals surface area contributed by atoms with Gasteiger partial charge in [-0.3, -0.25) is 9.59 Å². The minimum atomic E-state index is -0.0271. The number of carbonyl (C=O) groups is 2. The Labute approximate surface area is 197 Å². The Hall–Kier alpha value is -4.44. The molecule has 0 bridgehead atoms. The molecule has 1 atom stereocenters. The number of rotatable bonds is 5. The number of ketones is 2. The number of nitrogens with zero attached hydrogens (tertiary/aromatic N) is 1. The predicted octanol–water partition coefficient (Wildman–Crippen LogP) is 6.12. The van der Waals surface area contributed by atoms with Crippen molar-refractivity contribution in [2.24, 2.45) is 0 Å². The Morgan fingerprint density at radius 3 is 2.00 bits per heavy atom. The lowest BCUT2D eigenvalue weighted by molar-refractivity contribution is 0.103. The van der Waals surface area contributed by atoms with Crippen LogP contribution in [0.25, 0.3) is 10.9 Å². The highest BCUT2D eigenvalue weighted by Crippen LogP contribution is 2.38. The van der Waals surface area contributed by atoms with Crippen LogP contribution in [0.1, 0.15) is 43.4 Å². The number of aromatic nitrogens is 1. The van der Waals surface area contributed by atoms with E-state index in [2.05, 4.69) is 16.0 Å². The maximum Gasteiger partial charge on any atom is 0.195 e. The molecule has 6 rings (SSSR count). The summed E-state index contributed by atoms with van der Waals surface area (Å²) >= 11 is 0. The second-order valence-electron chi connectivity index (χ2n) is 8.52. The summed E-state index contributed by atoms with van der Waals surface area (Å²) in [6.07, 6.45) is 2.04. The van der Waals surface area contributed by atoms with Crippen molar-refractivity contribution < 1.29 is 9.59 Å². The summed E-state index contributed by atoms with van der Waals surface area (Å²) in [6, 6.07) is 32.5. The van der Waals surface area contributed by atoms with E-state index in [1.54, 1.807) is 0 Å². The molecule has 1 aromatic heterocycles. The normalized spacial score (nSPS) is 14.5. The van der Waals surface area contributed by atoms with E-state index >= 15 is 0 Å². The molecule has 0 amide bonds. The van der Waals surface area contributed by atoms with Crippen LogP contribution in [-0.2, 0) is 0 Å². The van der Waals surface area contributed by atoms with Gasteiger partial charge in [-0.15, -0.1) is 0 Å². The summed E-state index contributed by atoms with van der Waals surface area (Å²) < 4.78 is 2.17. The Balaban J connectivity index is 1.45. The van der Waals surface area contributed by atoms with Crippen LogP contribution < -0.4 is 5.32 Å². The first-order chi connectivity index (χ1) is 16.7. The quantitative estimate of drug-likeness (QED) is 0.334. The van der Waals surface area contributed by atoms with E-state index < -0.39 is 0 Å². The molecule has 5 aromatic rings. The highest BCUT2D eigenvalue weighted by atomic mass is 16.1. The van der Waals surface area contributed by atoms with E-state index in [1.165, 1.54) is 0 Å². The Morgan fingerprint density at radius 2 is 1.29 bits per heavy atom. The van der Waals surface area contributed by atoms with Gasteiger partial charge in [-0.25, -0.2) is 0 Å². The molecular formula is C30H22N2O2. The minimum absolute atomic E-state index is 0.00269. The van der Waals surface area contributed by atoms with Crippen molar-refractivity contribution in [3.05, 3.63) is 137 Å². The number of nitrogens with one attached hydrogen (secondary N) is 1. The number of para-hydroxylation sites is 2. The molecule has 1 aliphatic heterocycles. The lowest BCUT2D eigenvalue weighted by atomic mass is 9.97. The first kappa shape index (κ1) is 20.2. The van der Waals surface area contributed by atoms with Crippen LogP contribution >= 0.6 is 0 Å². The lowest BCUT2D eigenvalue weighted by Crippen LogP contribution is -2.13. The SMILES string of the molecule is O=C(c1ccccc1)c1cccc2c1NCC2n1ccc2cccc(C(=O)c3ccccc3)c21. The smallest absolute Gasteiger partial charge is 0.195 e. The zero-order valence-corrected chi connectivity index (χ0v) is 18.4. The van der Waals surface area contributed by atoms with Gasteiger partial charge in [-0.05, 0) is 18.2 Å². The maximum atomic E-state index is 13.4. The highest BCUT2D eigenvalue weighted by molar-refractivity contribution is 6.16. The van der Waals surface area contributed by atoms with Gasteiger partial charge in [0.1, 0.15) is 0 Å². The van der Waals surface area contributed by atoms with E-state index in [1.807, 2.05) is 103 Å². The molecule has 4 heteroatoms. The van der Waals surface area contributed by atoms with E-state index in [0.29, 0.717) is 28.8 Å². The highest BCUT2D eigenvalue weighted by Gasteiger charge is 2.29. The summed E-state index contributed by atoms with van der Waals surface area (Å²) in [5, 5.41) is 4.50. The number of anilines is 1. The van der Waals surface area contributed by atoms with Crippen LogP contribution in [0.5, 0.6) is 0 Å². The first-order valence-corrected chi connectivity index (χ1v) is 11.4. The van der Waals surface area contributed by atoms with Crippen LogP contribution in [0, 0.1) is 0 Å². The fourth-order valence-electron chi connectivity index (χ4n) is 4.94. The van der Waals surface area contributed by atoms with Crippen molar-refractivity contribution in [1.82, 2.24) is 4.57 Å². The zero-order chi connectivity index (χ0) is 23.1. The molecule has 1 N–H and O–H groups in total. The van der Waals surface area contributed by atoms with Crippen molar-refractivity contribution in [3.8, 4) is 0 Å². The average molecular weight is 443 g/mol. The van der Waals surface area contributed by atoms with E-state index in [-0.39, 0.29) is 17.6 Å². The monoisotopic (exact) mass is 442 g/mol. The van der Waals surface area contributed by atoms with Gasteiger partial charge in [0.15, 0.2) is 11.6 Å². The van der Waals surface area contributed by atoms with E-state index in [4.69, 9.17) is 0 Å². The minimum Gasteiger partial charge on any atom is -0.382 e. The number of carbonyl (C=O) groups excluding carboxylic acids is 2. The summed E-state index contributed by atoms with van der Waals surface area (Å²) in [5.41, 5.74) is 5.53. The molecule has 0 saturated carbocycles. The fourth-order valence-corrected chi connectivity index (χ4v) is 4.94. The third-order valence-electron chi connectivity index (χ3n) is 6.56. The summed E-state index contributed by atoms with van der Waals surface area (Å²) in [7, 11) is 0. The average Bonchev–Trinajstić information content (AvgIpc) is 3.53. The van der Waals surface area contributed by atoms with Gasteiger partial charge in [0.2, 0.25) is 0 Å². The standard InChI is InChI=1S/C30H22N2O2/c33-29(21-9-3-1-4-10-21)24-15-8-14-23-26(19-31-27(23)24)32-18-17-20-13-7-16-25(28(20)32)30(34)22-11-5-2-6-12-22/h1-18,26,31H,19H2. The predicted molar refractivity (Wildman–Crippen MR) is 135 cm³/mol. The van der Waals surface area contributed by atoms with Crippen molar-refractivity contribution in [2.75, 3.05) is 11.9 Å². The molecule has 4 nitrogen and oxygen atoms in total. The Kier molecular flexibility index (Phi) is 4.84. The van der Waals surface area contributed by atoms with Crippen molar-refractivity contribution in [2.45, 2.75) is 6.04 Å². The molecule has 2 heterocycles. The third-order valence-corrected chi connectivity index (χ3v) is 6.56. The molecule has 0 aliphatic carbocycles. The van der Waals surface area contributed by atoms with Gasteiger partial charge in [0.05, 0.1) is 17.2 Å². The molecule has 34 heavy (non-hydrogen) atoms. The third kappa shape index (κ3) is 3.23. The fraction of sp³-hybridized carbons (Fsp3) is 0.0667. The van der Waals surface area contributed by atoms with Gasteiger partial charge in [-0.2, -0.15) is 0 Å². The van der Waals surface area contributed by atoms with Crippen molar-refractivity contribution in [1.29, 1.82) is 0 Å². The van der Waals surface area contributed by atoms with Gasteiger partial charge >= 0.3 is 0 Å². The van der Waals surface area contributed by atoms with Gasteiger partial charge < -0.3 is 9.88 Å². The van der Waals surface area contributed by atoms with Crippen LogP contribution in [0.4, 0.5) is 5.69 Å². The largest absolute Gasteiger partial charge is 0.382 e. The first-order valence-electron chi connectivity index (χ1n) is 11.4. The zero-order valence-electron chi connectivity index (χ0n) is 18.4. The van der Waals surface area contributed by atoms with Gasteiger partial charge in [0, 0.05) is 45.9 Å². The Bertz CT molecular complexity index is 1530. The molecule has 1 aliphatic rings. The molecule has 0 spiro atoms. The van der Waals surface area contributed by atoms with Crippen LogP contribution in [0.2, 0.25) is 0 Å². The molecular weight excluding hydrogens is 420 g/mol. The molecule has 164 valence electrons. The number of benzene rings is 4. The van der Waals surface area contributed by atoms with Crippen molar-refractivity contribution >= 4 is 28.2 Å². The molecule has 1 unspecified atom stereocenters. The Morgan fingerprint density at radius 1 is 0.676 bits per heavy atom. The van der Waals surface area contributed by atoms with Crippen molar-refractivity contribution in [3.63, 3.8) is 0 Å². The lowest BCUT2D eigenvalue weighted by Gasteiger charge is -2.17. The number of fused-ring (bicyclic) bond motifs is 2.